The van der Waals surface area contributed by atoms with E-state index in [1.165, 1.54) is 0 Å². The molecule has 0 aliphatic heterocycles. The van der Waals surface area contributed by atoms with Gasteiger partial charge in [0.25, 0.3) is 0 Å². The van der Waals surface area contributed by atoms with Gasteiger partial charge in [-0.3, -0.25) is 4.99 Å². The van der Waals surface area contributed by atoms with Gasteiger partial charge in [-0.1, -0.05) is 0 Å². The number of ether oxygens (including phenoxy) is 1. The summed E-state index contributed by atoms with van der Waals surface area (Å²) in [5.74, 6) is 0.833. The van der Waals surface area contributed by atoms with Gasteiger partial charge in [0.15, 0.2) is 0 Å². The van der Waals surface area contributed by atoms with Crippen molar-refractivity contribution in [3.8, 4) is 5.75 Å². The minimum absolute atomic E-state index is 0.0899. The lowest BCUT2D eigenvalue weighted by molar-refractivity contribution is 0.307. The fraction of sp³-hybridized carbons (Fsp3) is 0.300. The summed E-state index contributed by atoms with van der Waals surface area (Å²) in [5.41, 5.74) is 1.01. The zero-order chi connectivity index (χ0) is 9.52. The molecule has 0 spiro atoms. The van der Waals surface area contributed by atoms with Crippen LogP contribution in [0, 0.1) is 0 Å². The maximum absolute atomic E-state index is 8.49. The summed E-state index contributed by atoms with van der Waals surface area (Å²) < 4.78 is 5.01. The van der Waals surface area contributed by atoms with E-state index in [1.807, 2.05) is 24.3 Å². The van der Waals surface area contributed by atoms with Gasteiger partial charge in [-0.2, -0.15) is 0 Å². The quantitative estimate of drug-likeness (QED) is 0.703. The maximum atomic E-state index is 8.49. The van der Waals surface area contributed by atoms with Crippen molar-refractivity contribution in [3.63, 3.8) is 0 Å². The third-order valence-corrected chi connectivity index (χ3v) is 1.59. The number of hydrogen-bond donors (Lipinski definition) is 1. The van der Waals surface area contributed by atoms with E-state index in [0.717, 1.165) is 11.3 Å². The number of hydrogen-bond acceptors (Lipinski definition) is 3. The first-order valence-electron chi connectivity index (χ1n) is 4.11. The van der Waals surface area contributed by atoms with Crippen LogP contribution in [0.4, 0.5) is 0 Å². The summed E-state index contributed by atoms with van der Waals surface area (Å²) in [6.07, 6.45) is 1.73. The number of nitrogens with zero attached hydrogens (tertiary/aromatic N) is 1. The Morgan fingerprint density at radius 3 is 2.62 bits per heavy atom. The molecule has 0 unspecified atom stereocenters. The molecule has 70 valence electrons. The number of aliphatic hydroxyl groups excluding tert-OH is 1. The lowest BCUT2D eigenvalue weighted by Gasteiger charge is -1.98. The van der Waals surface area contributed by atoms with E-state index in [9.17, 15) is 0 Å². The molecule has 1 aromatic rings. The molecule has 1 rings (SSSR count). The highest BCUT2D eigenvalue weighted by Gasteiger charge is 1.89. The maximum Gasteiger partial charge on any atom is 0.118 e. The van der Waals surface area contributed by atoms with Crippen molar-refractivity contribution in [2.45, 2.75) is 0 Å². The van der Waals surface area contributed by atoms with E-state index in [2.05, 4.69) is 4.99 Å². The van der Waals surface area contributed by atoms with Crippen molar-refractivity contribution in [1.82, 2.24) is 0 Å². The third-order valence-electron chi connectivity index (χ3n) is 1.59. The molecule has 0 bridgehead atoms. The van der Waals surface area contributed by atoms with Crippen LogP contribution in [0.15, 0.2) is 29.3 Å². The first-order chi connectivity index (χ1) is 6.36. The standard InChI is InChI=1S/C10H13NO2/c1-13-10-4-2-9(3-5-10)8-11-6-7-12/h2-5,8,12H,6-7H2,1H3/b11-8+. The van der Waals surface area contributed by atoms with Crippen LogP contribution in [-0.4, -0.2) is 31.6 Å². The van der Waals surface area contributed by atoms with Crippen LogP contribution in [0.3, 0.4) is 0 Å². The fourth-order valence-corrected chi connectivity index (χ4v) is 0.918. The van der Waals surface area contributed by atoms with E-state index < -0.39 is 0 Å². The van der Waals surface area contributed by atoms with E-state index in [-0.39, 0.29) is 6.61 Å². The summed E-state index contributed by atoms with van der Waals surface area (Å²) in [6.45, 7) is 0.540. The molecule has 1 aromatic carbocycles. The average molecular weight is 179 g/mol. The second-order valence-electron chi connectivity index (χ2n) is 2.53. The Kier molecular flexibility index (Phi) is 3.99. The van der Waals surface area contributed by atoms with Crippen LogP contribution in [0.2, 0.25) is 0 Å². The first-order valence-corrected chi connectivity index (χ1v) is 4.11. The van der Waals surface area contributed by atoms with Gasteiger partial charge >= 0.3 is 0 Å². The normalized spacial score (nSPS) is 10.6. The predicted octanol–water partition coefficient (Wildman–Crippen LogP) is 1.11. The predicted molar refractivity (Wildman–Crippen MR) is 52.5 cm³/mol. The van der Waals surface area contributed by atoms with Crippen molar-refractivity contribution in [2.75, 3.05) is 20.3 Å². The van der Waals surface area contributed by atoms with Gasteiger partial charge < -0.3 is 9.84 Å². The van der Waals surface area contributed by atoms with Crippen molar-refractivity contribution in [1.29, 1.82) is 0 Å². The molecule has 0 amide bonds. The molecular weight excluding hydrogens is 166 g/mol. The molecule has 0 atom stereocenters. The molecule has 3 nitrogen and oxygen atoms in total. The molecule has 0 saturated carbocycles. The van der Waals surface area contributed by atoms with Gasteiger partial charge in [0.1, 0.15) is 5.75 Å². The number of aliphatic hydroxyl groups is 1. The summed E-state index contributed by atoms with van der Waals surface area (Å²) in [7, 11) is 1.63. The lowest BCUT2D eigenvalue weighted by Crippen LogP contribution is -1.89. The molecule has 13 heavy (non-hydrogen) atoms. The summed E-state index contributed by atoms with van der Waals surface area (Å²) in [6, 6.07) is 7.58. The Morgan fingerprint density at radius 1 is 1.38 bits per heavy atom. The van der Waals surface area contributed by atoms with Crippen molar-refractivity contribution >= 4 is 6.21 Å². The Labute approximate surface area is 77.7 Å². The molecule has 1 N–H and O–H groups in total. The third kappa shape index (κ3) is 3.25. The topological polar surface area (TPSA) is 41.8 Å². The second-order valence-corrected chi connectivity index (χ2v) is 2.53. The molecule has 0 aliphatic carbocycles. The molecule has 0 aliphatic rings. The van der Waals surface area contributed by atoms with Crippen LogP contribution in [0.5, 0.6) is 5.75 Å². The molecule has 0 aromatic heterocycles. The Balaban J connectivity index is 2.58. The van der Waals surface area contributed by atoms with E-state index >= 15 is 0 Å². The number of methoxy groups -OCH3 is 1. The Hall–Kier alpha value is -1.35. The Bertz CT molecular complexity index is 267. The van der Waals surface area contributed by atoms with Crippen LogP contribution in [0.1, 0.15) is 5.56 Å². The van der Waals surface area contributed by atoms with Crippen molar-refractivity contribution in [2.24, 2.45) is 4.99 Å². The highest BCUT2D eigenvalue weighted by molar-refractivity contribution is 5.79. The van der Waals surface area contributed by atoms with Crippen LogP contribution in [0.25, 0.3) is 0 Å². The summed E-state index contributed by atoms with van der Waals surface area (Å²) >= 11 is 0. The zero-order valence-electron chi connectivity index (χ0n) is 7.60. The second kappa shape index (κ2) is 5.32. The van der Waals surface area contributed by atoms with Gasteiger partial charge in [0.05, 0.1) is 20.3 Å². The van der Waals surface area contributed by atoms with Gasteiger partial charge in [-0.25, -0.2) is 0 Å². The number of benzene rings is 1. The van der Waals surface area contributed by atoms with E-state index in [1.54, 1.807) is 13.3 Å². The highest BCUT2D eigenvalue weighted by Crippen LogP contribution is 2.09. The number of aliphatic imine (C=N–C) groups is 1. The SMILES string of the molecule is COc1ccc(/C=N/CCO)cc1. The highest BCUT2D eigenvalue weighted by atomic mass is 16.5. The zero-order valence-corrected chi connectivity index (χ0v) is 7.60. The van der Waals surface area contributed by atoms with E-state index in [0.29, 0.717) is 6.54 Å². The molecule has 0 fully saturated rings. The fourth-order valence-electron chi connectivity index (χ4n) is 0.918. The minimum Gasteiger partial charge on any atom is -0.497 e. The van der Waals surface area contributed by atoms with Crippen molar-refractivity contribution in [3.05, 3.63) is 29.8 Å². The largest absolute Gasteiger partial charge is 0.497 e. The molecular formula is C10H13NO2. The van der Waals surface area contributed by atoms with Crippen LogP contribution in [-0.2, 0) is 0 Å². The molecule has 3 heteroatoms. The summed E-state index contributed by atoms with van der Waals surface area (Å²) in [5, 5.41) is 8.49. The van der Waals surface area contributed by atoms with Gasteiger partial charge in [0.2, 0.25) is 0 Å². The van der Waals surface area contributed by atoms with Crippen molar-refractivity contribution < 1.29 is 9.84 Å². The molecule has 0 saturated heterocycles. The smallest absolute Gasteiger partial charge is 0.118 e. The van der Waals surface area contributed by atoms with Gasteiger partial charge in [-0.15, -0.1) is 0 Å². The number of rotatable bonds is 4. The van der Waals surface area contributed by atoms with E-state index in [4.69, 9.17) is 9.84 Å². The minimum atomic E-state index is 0.0899. The van der Waals surface area contributed by atoms with Crippen LogP contribution >= 0.6 is 0 Å². The molecule has 0 radical (unpaired) electrons. The molecule has 0 heterocycles. The first kappa shape index (κ1) is 9.74. The monoisotopic (exact) mass is 179 g/mol. The lowest BCUT2D eigenvalue weighted by atomic mass is 10.2. The van der Waals surface area contributed by atoms with Gasteiger partial charge in [-0.05, 0) is 29.8 Å². The van der Waals surface area contributed by atoms with Gasteiger partial charge in [0, 0.05) is 6.21 Å². The van der Waals surface area contributed by atoms with Crippen LogP contribution < -0.4 is 4.74 Å². The summed E-state index contributed by atoms with van der Waals surface area (Å²) in [4.78, 5) is 4.00. The average Bonchev–Trinajstić information content (AvgIpc) is 2.19. The Morgan fingerprint density at radius 2 is 2.08 bits per heavy atom.